The van der Waals surface area contributed by atoms with Crippen molar-refractivity contribution in [1.82, 2.24) is 4.72 Å². The Labute approximate surface area is 124 Å². The number of hydrogen-bond acceptors (Lipinski definition) is 3. The summed E-state index contributed by atoms with van der Waals surface area (Å²) in [6.45, 7) is 6.74. The number of nitrogens with one attached hydrogen (secondary N) is 1. The van der Waals surface area contributed by atoms with E-state index < -0.39 is 10.0 Å². The Morgan fingerprint density at radius 3 is 2.53 bits per heavy atom. The lowest BCUT2D eigenvalue weighted by Gasteiger charge is -2.12. The first-order valence-corrected chi connectivity index (χ1v) is 8.54. The van der Waals surface area contributed by atoms with Gasteiger partial charge in [0, 0.05) is 17.6 Å². The Balaban J connectivity index is 3.03. The van der Waals surface area contributed by atoms with Crippen LogP contribution in [0, 0.1) is 12.8 Å². The number of halogens is 1. The van der Waals surface area contributed by atoms with E-state index in [9.17, 15) is 8.42 Å². The fourth-order valence-electron chi connectivity index (χ4n) is 1.68. The third-order valence-corrected chi connectivity index (χ3v) is 5.62. The molecule has 0 atom stereocenters. The molecule has 0 saturated heterocycles. The van der Waals surface area contributed by atoms with Gasteiger partial charge >= 0.3 is 0 Å². The molecular formula is C13H21BrN2O2S. The van der Waals surface area contributed by atoms with E-state index in [1.165, 1.54) is 0 Å². The van der Waals surface area contributed by atoms with Crippen molar-refractivity contribution in [3.05, 3.63) is 27.7 Å². The Bertz CT molecular complexity index is 542. The van der Waals surface area contributed by atoms with Gasteiger partial charge in [-0.1, -0.05) is 19.9 Å². The molecule has 0 aliphatic rings. The average molecular weight is 349 g/mol. The standard InChI is InChI=1S/C13H21BrN2O2S/c1-9(2)4-5-16-19(17,18)12-7-11(8-15)6-10(3)13(12)14/h6-7,9,16H,4-5,8,15H2,1-3H3. The minimum atomic E-state index is -3.49. The molecule has 0 radical (unpaired) electrons. The van der Waals surface area contributed by atoms with Gasteiger partial charge in [0.2, 0.25) is 10.0 Å². The fourth-order valence-corrected chi connectivity index (χ4v) is 3.80. The quantitative estimate of drug-likeness (QED) is 0.829. The van der Waals surface area contributed by atoms with Crippen molar-refractivity contribution < 1.29 is 8.42 Å². The summed E-state index contributed by atoms with van der Waals surface area (Å²) >= 11 is 3.34. The summed E-state index contributed by atoms with van der Waals surface area (Å²) in [6.07, 6.45) is 0.812. The number of rotatable bonds is 6. The van der Waals surface area contributed by atoms with Crippen LogP contribution in [0.15, 0.2) is 21.5 Å². The van der Waals surface area contributed by atoms with Crippen molar-refractivity contribution in [2.45, 2.75) is 38.6 Å². The van der Waals surface area contributed by atoms with Crippen molar-refractivity contribution in [2.75, 3.05) is 6.54 Å². The van der Waals surface area contributed by atoms with Gasteiger partial charge in [-0.2, -0.15) is 0 Å². The van der Waals surface area contributed by atoms with Gasteiger partial charge in [-0.15, -0.1) is 0 Å². The Morgan fingerprint density at radius 2 is 2.00 bits per heavy atom. The summed E-state index contributed by atoms with van der Waals surface area (Å²) in [5.41, 5.74) is 7.27. The predicted molar refractivity (Wildman–Crippen MR) is 81.4 cm³/mol. The number of benzene rings is 1. The lowest BCUT2D eigenvalue weighted by molar-refractivity contribution is 0.551. The zero-order valence-corrected chi connectivity index (χ0v) is 13.9. The molecule has 0 unspecified atom stereocenters. The van der Waals surface area contributed by atoms with Crippen LogP contribution in [-0.4, -0.2) is 15.0 Å². The highest BCUT2D eigenvalue weighted by Gasteiger charge is 2.19. The van der Waals surface area contributed by atoms with Crippen molar-refractivity contribution in [1.29, 1.82) is 0 Å². The number of aryl methyl sites for hydroxylation is 1. The highest BCUT2D eigenvalue weighted by atomic mass is 79.9. The Hall–Kier alpha value is -0.430. The monoisotopic (exact) mass is 348 g/mol. The molecule has 0 aromatic heterocycles. The summed E-state index contributed by atoms with van der Waals surface area (Å²) in [5.74, 6) is 0.461. The second kappa shape index (κ2) is 6.83. The second-order valence-corrected chi connectivity index (χ2v) is 7.54. The lowest BCUT2D eigenvalue weighted by Crippen LogP contribution is -2.26. The van der Waals surface area contributed by atoms with Crippen molar-refractivity contribution in [3.63, 3.8) is 0 Å². The molecule has 1 aromatic carbocycles. The van der Waals surface area contributed by atoms with Gasteiger partial charge in [0.25, 0.3) is 0 Å². The highest BCUT2D eigenvalue weighted by molar-refractivity contribution is 9.10. The Kier molecular flexibility index (Phi) is 5.98. The molecule has 1 aromatic rings. The number of nitrogens with two attached hydrogens (primary N) is 1. The van der Waals surface area contributed by atoms with E-state index in [1.54, 1.807) is 6.07 Å². The topological polar surface area (TPSA) is 72.2 Å². The van der Waals surface area contributed by atoms with E-state index in [2.05, 4.69) is 34.5 Å². The zero-order chi connectivity index (χ0) is 14.6. The smallest absolute Gasteiger partial charge is 0.241 e. The molecule has 3 N–H and O–H groups in total. The molecule has 0 heterocycles. The van der Waals surface area contributed by atoms with Gasteiger partial charge in [-0.3, -0.25) is 0 Å². The lowest BCUT2D eigenvalue weighted by atomic mass is 10.1. The van der Waals surface area contributed by atoms with E-state index in [0.29, 0.717) is 23.5 Å². The van der Waals surface area contributed by atoms with Crippen molar-refractivity contribution >= 4 is 26.0 Å². The molecule has 6 heteroatoms. The van der Waals surface area contributed by atoms with E-state index in [-0.39, 0.29) is 4.90 Å². The molecule has 0 spiro atoms. The van der Waals surface area contributed by atoms with Crippen LogP contribution in [0.4, 0.5) is 0 Å². The average Bonchev–Trinajstić information content (AvgIpc) is 2.31. The van der Waals surface area contributed by atoms with Crippen LogP contribution < -0.4 is 10.5 Å². The van der Waals surface area contributed by atoms with Gasteiger partial charge in [0.05, 0.1) is 4.90 Å². The molecule has 19 heavy (non-hydrogen) atoms. The van der Waals surface area contributed by atoms with Crippen molar-refractivity contribution in [3.8, 4) is 0 Å². The molecule has 108 valence electrons. The molecule has 1 rings (SSSR count). The third-order valence-electron chi connectivity index (χ3n) is 2.82. The molecule has 0 fully saturated rings. The normalized spacial score (nSPS) is 12.1. The maximum Gasteiger partial charge on any atom is 0.241 e. The van der Waals surface area contributed by atoms with Crippen LogP contribution in [0.3, 0.4) is 0 Å². The minimum absolute atomic E-state index is 0.261. The molecule has 0 bridgehead atoms. The SMILES string of the molecule is Cc1cc(CN)cc(S(=O)(=O)NCCC(C)C)c1Br. The van der Waals surface area contributed by atoms with E-state index >= 15 is 0 Å². The molecule has 0 saturated carbocycles. The summed E-state index contributed by atoms with van der Waals surface area (Å²) < 4.78 is 27.8. The van der Waals surface area contributed by atoms with Gasteiger partial charge in [-0.25, -0.2) is 13.1 Å². The van der Waals surface area contributed by atoms with E-state index in [0.717, 1.165) is 17.5 Å². The van der Waals surface area contributed by atoms with Crippen LogP contribution in [0.1, 0.15) is 31.4 Å². The molecule has 0 amide bonds. The molecule has 0 aliphatic carbocycles. The molecular weight excluding hydrogens is 328 g/mol. The summed E-state index contributed by atoms with van der Waals surface area (Å²) in [7, 11) is -3.49. The second-order valence-electron chi connectivity index (χ2n) is 5.01. The molecule has 0 aliphatic heterocycles. The van der Waals surface area contributed by atoms with Gasteiger partial charge in [0.15, 0.2) is 0 Å². The maximum atomic E-state index is 12.3. The maximum absolute atomic E-state index is 12.3. The van der Waals surface area contributed by atoms with Crippen LogP contribution >= 0.6 is 15.9 Å². The minimum Gasteiger partial charge on any atom is -0.326 e. The van der Waals surface area contributed by atoms with Gasteiger partial charge in [0.1, 0.15) is 0 Å². The first kappa shape index (κ1) is 16.6. The number of hydrogen-bond donors (Lipinski definition) is 2. The third kappa shape index (κ3) is 4.56. The van der Waals surface area contributed by atoms with Crippen LogP contribution in [0.2, 0.25) is 0 Å². The number of sulfonamides is 1. The fraction of sp³-hybridized carbons (Fsp3) is 0.538. The summed E-state index contributed by atoms with van der Waals surface area (Å²) in [4.78, 5) is 0.261. The van der Waals surface area contributed by atoms with Gasteiger partial charge < -0.3 is 5.73 Å². The van der Waals surface area contributed by atoms with E-state index in [1.807, 2.05) is 13.0 Å². The summed E-state index contributed by atoms with van der Waals surface area (Å²) in [5, 5.41) is 0. The first-order valence-electron chi connectivity index (χ1n) is 6.26. The van der Waals surface area contributed by atoms with Crippen LogP contribution in [0.5, 0.6) is 0 Å². The van der Waals surface area contributed by atoms with Gasteiger partial charge in [-0.05, 0) is 52.4 Å². The zero-order valence-electron chi connectivity index (χ0n) is 11.5. The Morgan fingerprint density at radius 1 is 1.37 bits per heavy atom. The van der Waals surface area contributed by atoms with Crippen LogP contribution in [0.25, 0.3) is 0 Å². The molecule has 4 nitrogen and oxygen atoms in total. The highest BCUT2D eigenvalue weighted by Crippen LogP contribution is 2.27. The van der Waals surface area contributed by atoms with Crippen LogP contribution in [-0.2, 0) is 16.6 Å². The predicted octanol–water partition coefficient (Wildman–Crippen LogP) is 2.54. The summed E-state index contributed by atoms with van der Waals surface area (Å²) in [6, 6.07) is 3.51. The first-order chi connectivity index (χ1) is 8.77. The van der Waals surface area contributed by atoms with E-state index in [4.69, 9.17) is 5.73 Å². The van der Waals surface area contributed by atoms with Crippen molar-refractivity contribution in [2.24, 2.45) is 11.7 Å². The largest absolute Gasteiger partial charge is 0.326 e.